The van der Waals surface area contributed by atoms with E-state index < -0.39 is 0 Å². The molecule has 1 aromatic heterocycles. The molecule has 2 aliphatic rings. The van der Waals surface area contributed by atoms with Crippen molar-refractivity contribution < 1.29 is 4.79 Å². The van der Waals surface area contributed by atoms with Crippen LogP contribution in [0.25, 0.3) is 0 Å². The van der Waals surface area contributed by atoms with E-state index in [4.69, 9.17) is 0 Å². The van der Waals surface area contributed by atoms with Crippen LogP contribution in [0.3, 0.4) is 0 Å². The van der Waals surface area contributed by atoms with Crippen LogP contribution < -0.4 is 10.6 Å². The van der Waals surface area contributed by atoms with Crippen LogP contribution in [0, 0.1) is 11.3 Å². The number of amides is 1. The summed E-state index contributed by atoms with van der Waals surface area (Å²) in [6, 6.07) is 3.93. The largest absolute Gasteiger partial charge is 0.368 e. The van der Waals surface area contributed by atoms with Gasteiger partial charge in [0.2, 0.25) is 0 Å². The number of rotatable bonds is 5. The highest BCUT2D eigenvalue weighted by Gasteiger charge is 2.30. The van der Waals surface area contributed by atoms with Crippen LogP contribution in [-0.4, -0.2) is 28.7 Å². The summed E-state index contributed by atoms with van der Waals surface area (Å²) in [6.07, 6.45) is 8.40. The zero-order valence-corrected chi connectivity index (χ0v) is 14.3. The van der Waals surface area contributed by atoms with Gasteiger partial charge in [-0.1, -0.05) is 26.7 Å². The number of aromatic nitrogens is 2. The Bertz CT molecular complexity index is 534. The van der Waals surface area contributed by atoms with Gasteiger partial charge in [-0.05, 0) is 55.6 Å². The van der Waals surface area contributed by atoms with E-state index >= 15 is 0 Å². The maximum atomic E-state index is 12.1. The van der Waals surface area contributed by atoms with Crippen molar-refractivity contribution in [3.8, 4) is 0 Å². The van der Waals surface area contributed by atoms with Gasteiger partial charge in [0.25, 0.3) is 5.91 Å². The first kappa shape index (κ1) is 16.2. The summed E-state index contributed by atoms with van der Waals surface area (Å²) in [5.74, 6) is 1.36. The molecule has 23 heavy (non-hydrogen) atoms. The lowest BCUT2D eigenvalue weighted by Crippen LogP contribution is -2.33. The van der Waals surface area contributed by atoms with Crippen LogP contribution >= 0.6 is 0 Å². The Balaban J connectivity index is 1.48. The Morgan fingerprint density at radius 3 is 2.61 bits per heavy atom. The number of carbonyl (C=O) groups is 1. The number of hydrogen-bond donors (Lipinski definition) is 2. The van der Waals surface area contributed by atoms with Crippen LogP contribution in [0.5, 0.6) is 0 Å². The standard InChI is InChI=1S/C18H28N4O/c1-18(2)10-9-13(11-18)12-19-16-8-7-15(21-22-16)17(23)20-14-5-3-4-6-14/h7-8,13-14H,3-6,9-12H2,1-2H3,(H,19,22)(H,20,23). The van der Waals surface area contributed by atoms with E-state index in [-0.39, 0.29) is 5.91 Å². The fourth-order valence-electron chi connectivity index (χ4n) is 3.88. The van der Waals surface area contributed by atoms with E-state index in [2.05, 4.69) is 34.7 Å². The second kappa shape index (κ2) is 6.85. The first-order chi connectivity index (χ1) is 11.0. The highest BCUT2D eigenvalue weighted by Crippen LogP contribution is 2.40. The van der Waals surface area contributed by atoms with Crippen molar-refractivity contribution in [2.45, 2.75) is 64.8 Å². The Morgan fingerprint density at radius 2 is 2.00 bits per heavy atom. The van der Waals surface area contributed by atoms with Crippen molar-refractivity contribution in [1.82, 2.24) is 15.5 Å². The Hall–Kier alpha value is -1.65. The third kappa shape index (κ3) is 4.43. The minimum absolute atomic E-state index is 0.103. The van der Waals surface area contributed by atoms with Gasteiger partial charge >= 0.3 is 0 Å². The lowest BCUT2D eigenvalue weighted by atomic mass is 9.90. The summed E-state index contributed by atoms with van der Waals surface area (Å²) in [7, 11) is 0. The SMILES string of the molecule is CC1(C)CCC(CNc2ccc(C(=O)NC3CCCC3)nn2)C1. The first-order valence-electron chi connectivity index (χ1n) is 8.90. The Morgan fingerprint density at radius 1 is 1.22 bits per heavy atom. The predicted molar refractivity (Wildman–Crippen MR) is 91.4 cm³/mol. The molecular formula is C18H28N4O. The smallest absolute Gasteiger partial charge is 0.272 e. The average Bonchev–Trinajstić information content (AvgIpc) is 3.15. The van der Waals surface area contributed by atoms with E-state index in [1.807, 2.05) is 6.07 Å². The van der Waals surface area contributed by atoms with E-state index in [1.54, 1.807) is 6.07 Å². The lowest BCUT2D eigenvalue weighted by Gasteiger charge is -2.17. The molecule has 0 saturated heterocycles. The van der Waals surface area contributed by atoms with Gasteiger partial charge in [0.1, 0.15) is 5.82 Å². The molecule has 1 unspecified atom stereocenters. The third-order valence-corrected chi connectivity index (χ3v) is 5.23. The Labute approximate surface area is 138 Å². The molecule has 2 N–H and O–H groups in total. The fraction of sp³-hybridized carbons (Fsp3) is 0.722. The monoisotopic (exact) mass is 316 g/mol. The van der Waals surface area contributed by atoms with E-state index in [9.17, 15) is 4.79 Å². The molecule has 5 nitrogen and oxygen atoms in total. The average molecular weight is 316 g/mol. The topological polar surface area (TPSA) is 66.9 Å². The molecule has 126 valence electrons. The maximum absolute atomic E-state index is 12.1. The van der Waals surface area contributed by atoms with Crippen LogP contribution in [0.4, 0.5) is 5.82 Å². The molecule has 5 heteroatoms. The molecule has 0 radical (unpaired) electrons. The third-order valence-electron chi connectivity index (χ3n) is 5.23. The summed E-state index contributed by atoms with van der Waals surface area (Å²) in [4.78, 5) is 12.1. The fourth-order valence-corrected chi connectivity index (χ4v) is 3.88. The normalized spacial score (nSPS) is 23.8. The molecule has 1 heterocycles. The van der Waals surface area contributed by atoms with E-state index in [1.165, 1.54) is 32.1 Å². The van der Waals surface area contributed by atoms with Gasteiger partial charge in [-0.25, -0.2) is 0 Å². The van der Waals surface area contributed by atoms with Crippen molar-refractivity contribution in [3.63, 3.8) is 0 Å². The maximum Gasteiger partial charge on any atom is 0.272 e. The van der Waals surface area contributed by atoms with Gasteiger partial charge in [0, 0.05) is 12.6 Å². The van der Waals surface area contributed by atoms with Crippen LogP contribution in [-0.2, 0) is 0 Å². The van der Waals surface area contributed by atoms with Crippen LogP contribution in [0.1, 0.15) is 69.3 Å². The van der Waals surface area contributed by atoms with E-state index in [0.29, 0.717) is 23.1 Å². The molecule has 2 saturated carbocycles. The van der Waals surface area contributed by atoms with Gasteiger partial charge < -0.3 is 10.6 Å². The number of anilines is 1. The zero-order chi connectivity index (χ0) is 16.3. The molecule has 1 amide bonds. The molecule has 1 atom stereocenters. The van der Waals surface area contributed by atoms with Crippen molar-refractivity contribution in [2.24, 2.45) is 11.3 Å². The van der Waals surface area contributed by atoms with Gasteiger partial charge in [0.15, 0.2) is 5.69 Å². The summed E-state index contributed by atoms with van der Waals surface area (Å²) in [6.45, 7) is 5.61. The number of carbonyl (C=O) groups excluding carboxylic acids is 1. The number of nitrogens with zero attached hydrogens (tertiary/aromatic N) is 2. The second-order valence-corrected chi connectivity index (χ2v) is 7.91. The summed E-state index contributed by atoms with van der Waals surface area (Å²) < 4.78 is 0. The first-order valence-corrected chi connectivity index (χ1v) is 8.90. The molecular weight excluding hydrogens is 288 g/mol. The minimum atomic E-state index is -0.103. The van der Waals surface area contributed by atoms with E-state index in [0.717, 1.165) is 25.2 Å². The van der Waals surface area contributed by atoms with Crippen LogP contribution in [0.2, 0.25) is 0 Å². The van der Waals surface area contributed by atoms with Gasteiger partial charge in [-0.2, -0.15) is 0 Å². The molecule has 1 aromatic rings. The molecule has 0 aromatic carbocycles. The van der Waals surface area contributed by atoms with Crippen LogP contribution in [0.15, 0.2) is 12.1 Å². The van der Waals surface area contributed by atoms with Crippen molar-refractivity contribution in [3.05, 3.63) is 17.8 Å². The van der Waals surface area contributed by atoms with Crippen molar-refractivity contribution in [1.29, 1.82) is 0 Å². The summed E-state index contributed by atoms with van der Waals surface area (Å²) in [5.41, 5.74) is 0.879. The Kier molecular flexibility index (Phi) is 4.83. The second-order valence-electron chi connectivity index (χ2n) is 7.91. The van der Waals surface area contributed by atoms with Crippen molar-refractivity contribution in [2.75, 3.05) is 11.9 Å². The summed E-state index contributed by atoms with van der Waals surface area (Å²) >= 11 is 0. The molecule has 2 aliphatic carbocycles. The molecule has 0 bridgehead atoms. The number of nitrogens with one attached hydrogen (secondary N) is 2. The van der Waals surface area contributed by atoms with Gasteiger partial charge in [-0.15, -0.1) is 10.2 Å². The molecule has 0 spiro atoms. The highest BCUT2D eigenvalue weighted by molar-refractivity contribution is 5.92. The number of hydrogen-bond acceptors (Lipinski definition) is 4. The summed E-state index contributed by atoms with van der Waals surface area (Å²) in [5, 5.41) is 14.6. The molecule has 0 aliphatic heterocycles. The quantitative estimate of drug-likeness (QED) is 0.874. The minimum Gasteiger partial charge on any atom is -0.368 e. The predicted octanol–water partition coefficient (Wildman–Crippen LogP) is 3.39. The molecule has 2 fully saturated rings. The zero-order valence-electron chi connectivity index (χ0n) is 14.3. The van der Waals surface area contributed by atoms with Crippen molar-refractivity contribution >= 4 is 11.7 Å². The van der Waals surface area contributed by atoms with Gasteiger partial charge in [-0.3, -0.25) is 4.79 Å². The van der Waals surface area contributed by atoms with Gasteiger partial charge in [0.05, 0.1) is 0 Å². The lowest BCUT2D eigenvalue weighted by molar-refractivity contribution is 0.0932. The molecule has 3 rings (SSSR count). The highest BCUT2D eigenvalue weighted by atomic mass is 16.2.